The molecular weight excluding hydrogens is 480 g/mol. The lowest BCUT2D eigenvalue weighted by Gasteiger charge is -2.21. The Labute approximate surface area is 225 Å². The van der Waals surface area contributed by atoms with Crippen molar-refractivity contribution in [1.29, 1.82) is 0 Å². The summed E-state index contributed by atoms with van der Waals surface area (Å²) in [6, 6.07) is 23.9. The number of esters is 1. The SMILES string of the molecule is CCCOC(Cc1ccc(OCCCC=C2c3ccccc3OCOc3ccccc32)cc1)C(=O)OCC. The molecule has 1 heterocycles. The smallest absolute Gasteiger partial charge is 0.335 e. The van der Waals surface area contributed by atoms with Crippen LogP contribution < -0.4 is 14.2 Å². The minimum atomic E-state index is -0.589. The molecule has 0 saturated carbocycles. The highest BCUT2D eigenvalue weighted by atomic mass is 16.7. The van der Waals surface area contributed by atoms with Crippen molar-refractivity contribution in [2.75, 3.05) is 26.6 Å². The van der Waals surface area contributed by atoms with E-state index in [1.54, 1.807) is 6.92 Å². The van der Waals surface area contributed by atoms with Crippen LogP contribution in [0.25, 0.3) is 5.57 Å². The number of hydrogen-bond donors (Lipinski definition) is 0. The summed E-state index contributed by atoms with van der Waals surface area (Å²) < 4.78 is 28.6. The average Bonchev–Trinajstić information content (AvgIpc) is 2.94. The third-order valence-corrected chi connectivity index (χ3v) is 6.17. The van der Waals surface area contributed by atoms with Crippen LogP contribution in [0.3, 0.4) is 0 Å². The number of rotatable bonds is 12. The summed E-state index contributed by atoms with van der Waals surface area (Å²) in [7, 11) is 0. The number of unbranched alkanes of at least 4 members (excludes halogenated alkanes) is 1. The zero-order valence-corrected chi connectivity index (χ0v) is 22.2. The van der Waals surface area contributed by atoms with Gasteiger partial charge in [-0.3, -0.25) is 0 Å². The van der Waals surface area contributed by atoms with Gasteiger partial charge < -0.3 is 23.7 Å². The lowest BCUT2D eigenvalue weighted by molar-refractivity contribution is -0.156. The van der Waals surface area contributed by atoms with Gasteiger partial charge in [0.15, 0.2) is 6.10 Å². The van der Waals surface area contributed by atoms with Gasteiger partial charge in [0.2, 0.25) is 6.79 Å². The van der Waals surface area contributed by atoms with E-state index in [-0.39, 0.29) is 12.8 Å². The number of carbonyl (C=O) groups excluding carboxylic acids is 1. The Bertz CT molecular complexity index is 1150. The molecule has 0 aliphatic carbocycles. The second-order valence-electron chi connectivity index (χ2n) is 8.97. The first kappa shape index (κ1) is 27.3. The third-order valence-electron chi connectivity index (χ3n) is 6.17. The van der Waals surface area contributed by atoms with Crippen LogP contribution in [-0.4, -0.2) is 38.7 Å². The van der Waals surface area contributed by atoms with E-state index >= 15 is 0 Å². The summed E-state index contributed by atoms with van der Waals surface area (Å²) in [5.41, 5.74) is 4.22. The van der Waals surface area contributed by atoms with Gasteiger partial charge in [0.05, 0.1) is 13.2 Å². The van der Waals surface area contributed by atoms with Crippen LogP contribution in [0, 0.1) is 0 Å². The summed E-state index contributed by atoms with van der Waals surface area (Å²) in [6.45, 7) is 5.46. The second kappa shape index (κ2) is 14.2. The summed E-state index contributed by atoms with van der Waals surface area (Å²) in [5, 5.41) is 0. The summed E-state index contributed by atoms with van der Waals surface area (Å²) in [4.78, 5) is 12.2. The first-order chi connectivity index (χ1) is 18.7. The van der Waals surface area contributed by atoms with Crippen molar-refractivity contribution in [1.82, 2.24) is 0 Å². The third kappa shape index (κ3) is 7.39. The Morgan fingerprint density at radius 1 is 0.895 bits per heavy atom. The molecule has 6 nitrogen and oxygen atoms in total. The maximum Gasteiger partial charge on any atom is 0.335 e. The van der Waals surface area contributed by atoms with Gasteiger partial charge in [-0.2, -0.15) is 0 Å². The maximum absolute atomic E-state index is 12.2. The molecule has 200 valence electrons. The lowest BCUT2D eigenvalue weighted by Crippen LogP contribution is -2.29. The number of carbonyl (C=O) groups is 1. The first-order valence-corrected chi connectivity index (χ1v) is 13.3. The minimum Gasteiger partial charge on any atom is -0.494 e. The lowest BCUT2D eigenvalue weighted by atomic mass is 9.94. The highest BCUT2D eigenvalue weighted by Gasteiger charge is 2.21. The summed E-state index contributed by atoms with van der Waals surface area (Å²) in [6.07, 6.45) is 4.66. The monoisotopic (exact) mass is 516 g/mol. The van der Waals surface area contributed by atoms with E-state index in [0.29, 0.717) is 26.2 Å². The topological polar surface area (TPSA) is 63.2 Å². The van der Waals surface area contributed by atoms with Crippen LogP contribution in [0.4, 0.5) is 0 Å². The van der Waals surface area contributed by atoms with Crippen molar-refractivity contribution in [3.05, 3.63) is 95.6 Å². The maximum atomic E-state index is 12.2. The minimum absolute atomic E-state index is 0.184. The first-order valence-electron chi connectivity index (χ1n) is 13.3. The van der Waals surface area contributed by atoms with Gasteiger partial charge in [0.25, 0.3) is 0 Å². The van der Waals surface area contributed by atoms with Gasteiger partial charge >= 0.3 is 5.97 Å². The number of para-hydroxylation sites is 2. The van der Waals surface area contributed by atoms with Crippen molar-refractivity contribution >= 4 is 11.5 Å². The Morgan fingerprint density at radius 3 is 2.18 bits per heavy atom. The van der Waals surface area contributed by atoms with Gasteiger partial charge in [-0.05, 0) is 61.6 Å². The molecule has 1 atom stereocenters. The number of benzene rings is 3. The number of ether oxygens (including phenoxy) is 5. The summed E-state index contributed by atoms with van der Waals surface area (Å²) >= 11 is 0. The quantitative estimate of drug-likeness (QED) is 0.199. The van der Waals surface area contributed by atoms with Gasteiger partial charge in [-0.1, -0.05) is 61.5 Å². The van der Waals surface area contributed by atoms with Crippen molar-refractivity contribution in [3.63, 3.8) is 0 Å². The van der Waals surface area contributed by atoms with Crippen LogP contribution in [0.1, 0.15) is 49.8 Å². The Kier molecular flexibility index (Phi) is 10.2. The van der Waals surface area contributed by atoms with E-state index < -0.39 is 6.10 Å². The number of fused-ring (bicyclic) bond motifs is 2. The van der Waals surface area contributed by atoms with Crippen molar-refractivity contribution in [2.45, 2.75) is 45.6 Å². The fraction of sp³-hybridized carbons (Fsp3) is 0.344. The van der Waals surface area contributed by atoms with Gasteiger partial charge in [0.1, 0.15) is 17.2 Å². The molecule has 0 fully saturated rings. The van der Waals surface area contributed by atoms with E-state index in [9.17, 15) is 4.79 Å². The molecule has 0 aromatic heterocycles. The van der Waals surface area contributed by atoms with E-state index in [0.717, 1.165) is 58.8 Å². The van der Waals surface area contributed by atoms with E-state index in [4.69, 9.17) is 23.7 Å². The molecule has 6 heteroatoms. The predicted octanol–water partition coefficient (Wildman–Crippen LogP) is 6.61. The second-order valence-corrected chi connectivity index (χ2v) is 8.97. The molecule has 1 aliphatic rings. The van der Waals surface area contributed by atoms with Crippen molar-refractivity contribution < 1.29 is 28.5 Å². The molecule has 1 unspecified atom stereocenters. The average molecular weight is 517 g/mol. The zero-order chi connectivity index (χ0) is 26.6. The van der Waals surface area contributed by atoms with Crippen LogP contribution in [0.15, 0.2) is 78.9 Å². The van der Waals surface area contributed by atoms with Crippen molar-refractivity contribution in [3.8, 4) is 17.2 Å². The Balaban J connectivity index is 1.34. The number of allylic oxidation sites excluding steroid dienone is 1. The van der Waals surface area contributed by atoms with Crippen LogP contribution in [0.2, 0.25) is 0 Å². The van der Waals surface area contributed by atoms with E-state index in [1.165, 1.54) is 0 Å². The predicted molar refractivity (Wildman–Crippen MR) is 148 cm³/mol. The summed E-state index contributed by atoms with van der Waals surface area (Å²) in [5.74, 6) is 2.11. The van der Waals surface area contributed by atoms with E-state index in [2.05, 4.69) is 18.2 Å². The molecule has 0 saturated heterocycles. The fourth-order valence-corrected chi connectivity index (χ4v) is 4.31. The molecule has 0 N–H and O–H groups in total. The normalized spacial score (nSPS) is 13.1. The molecule has 0 amide bonds. The van der Waals surface area contributed by atoms with Crippen LogP contribution >= 0.6 is 0 Å². The standard InChI is InChI=1S/C32H36O6/c1-3-20-36-31(32(33)34-4-2)22-24-16-18-25(19-17-24)35-21-10-9-11-26-27-12-5-7-14-29(27)37-23-38-30-15-8-6-13-28(26)30/h5-8,11-19,31H,3-4,9-10,20-23H2,1-2H3. The molecule has 0 spiro atoms. The molecule has 0 radical (unpaired) electrons. The molecular formula is C32H36O6. The molecule has 38 heavy (non-hydrogen) atoms. The number of hydrogen-bond acceptors (Lipinski definition) is 6. The zero-order valence-electron chi connectivity index (χ0n) is 22.2. The highest BCUT2D eigenvalue weighted by Crippen LogP contribution is 2.37. The highest BCUT2D eigenvalue weighted by molar-refractivity contribution is 5.85. The Morgan fingerprint density at radius 2 is 1.55 bits per heavy atom. The fourth-order valence-electron chi connectivity index (χ4n) is 4.31. The molecule has 4 rings (SSSR count). The van der Waals surface area contributed by atoms with Gasteiger partial charge in [-0.15, -0.1) is 0 Å². The van der Waals surface area contributed by atoms with Crippen molar-refractivity contribution in [2.24, 2.45) is 0 Å². The van der Waals surface area contributed by atoms with E-state index in [1.807, 2.05) is 67.6 Å². The molecule has 0 bridgehead atoms. The molecule has 3 aromatic rings. The van der Waals surface area contributed by atoms with Gasteiger partial charge in [-0.25, -0.2) is 4.79 Å². The molecule has 1 aliphatic heterocycles. The van der Waals surface area contributed by atoms with Gasteiger partial charge in [0, 0.05) is 24.2 Å². The van der Waals surface area contributed by atoms with Crippen LogP contribution in [0.5, 0.6) is 17.2 Å². The van der Waals surface area contributed by atoms with Crippen LogP contribution in [-0.2, 0) is 20.7 Å². The molecule has 3 aromatic carbocycles. The largest absolute Gasteiger partial charge is 0.494 e. The Hall–Kier alpha value is -3.77.